The third kappa shape index (κ3) is 2.96. The summed E-state index contributed by atoms with van der Waals surface area (Å²) >= 11 is 0. The van der Waals surface area contributed by atoms with E-state index >= 15 is 0 Å². The molecular formula is C21H21N3O3. The number of hydrogen-bond donors (Lipinski definition) is 1. The van der Waals surface area contributed by atoms with Gasteiger partial charge in [0.15, 0.2) is 0 Å². The maximum atomic E-state index is 12.4. The van der Waals surface area contributed by atoms with Gasteiger partial charge in [0.25, 0.3) is 0 Å². The number of carbonyl (C=O) groups is 1. The number of fused-ring (bicyclic) bond motifs is 1. The van der Waals surface area contributed by atoms with E-state index in [2.05, 4.69) is 34.2 Å². The van der Waals surface area contributed by atoms with Crippen LogP contribution in [0.1, 0.15) is 35.9 Å². The minimum absolute atomic E-state index is 0.127. The molecule has 6 nitrogen and oxygen atoms in total. The van der Waals surface area contributed by atoms with E-state index in [1.807, 2.05) is 18.2 Å². The second-order valence-electron chi connectivity index (χ2n) is 7.12. The number of nitrogens with zero attached hydrogens (tertiary/aromatic N) is 2. The summed E-state index contributed by atoms with van der Waals surface area (Å²) in [5.74, 6) is 0.562. The minimum atomic E-state index is -0.316. The van der Waals surface area contributed by atoms with Gasteiger partial charge in [-0.15, -0.1) is 0 Å². The van der Waals surface area contributed by atoms with Crippen molar-refractivity contribution in [3.05, 3.63) is 59.9 Å². The Bertz CT molecular complexity index is 960. The highest BCUT2D eigenvalue weighted by Gasteiger charge is 2.35. The number of anilines is 1. The Labute approximate surface area is 157 Å². The molecule has 0 aliphatic carbocycles. The fourth-order valence-electron chi connectivity index (χ4n) is 4.04. The molecule has 3 aromatic rings. The van der Waals surface area contributed by atoms with Crippen molar-refractivity contribution in [2.75, 3.05) is 24.7 Å². The van der Waals surface area contributed by atoms with Crippen molar-refractivity contribution in [3.8, 4) is 0 Å². The molecule has 2 fully saturated rings. The maximum Gasteiger partial charge on any atom is 0.415 e. The summed E-state index contributed by atoms with van der Waals surface area (Å²) in [5, 5.41) is 0. The van der Waals surface area contributed by atoms with Gasteiger partial charge in [-0.1, -0.05) is 24.3 Å². The topological polar surface area (TPSA) is 67.5 Å². The number of cyclic esters (lactones) is 1. The standard InChI is InChI=1S/C21H21N3O3/c25-21-24(17-5-6-18-19(11-17)23-13-22-18)20(12-27-21)16-3-1-14(2-4-16)15-7-9-26-10-8-15/h1-6,11,13,15,20H,7-10,12H2,(H,22,23). The van der Waals surface area contributed by atoms with Crippen molar-refractivity contribution in [2.45, 2.75) is 24.8 Å². The monoisotopic (exact) mass is 363 g/mol. The zero-order valence-corrected chi connectivity index (χ0v) is 14.9. The van der Waals surface area contributed by atoms with Crippen molar-refractivity contribution < 1.29 is 14.3 Å². The highest BCUT2D eigenvalue weighted by molar-refractivity contribution is 5.93. The van der Waals surface area contributed by atoms with Gasteiger partial charge in [0, 0.05) is 13.2 Å². The molecule has 2 aliphatic rings. The van der Waals surface area contributed by atoms with Crippen LogP contribution in [0.15, 0.2) is 48.8 Å². The van der Waals surface area contributed by atoms with Crippen molar-refractivity contribution in [2.24, 2.45) is 0 Å². The fraction of sp³-hybridized carbons (Fsp3) is 0.333. The first-order valence-corrected chi connectivity index (χ1v) is 9.36. The molecule has 0 spiro atoms. The van der Waals surface area contributed by atoms with Crippen LogP contribution in [-0.4, -0.2) is 35.9 Å². The van der Waals surface area contributed by atoms with Crippen LogP contribution in [0, 0.1) is 0 Å². The summed E-state index contributed by atoms with van der Waals surface area (Å²) in [5.41, 5.74) is 5.01. The molecular weight excluding hydrogens is 342 g/mol. The van der Waals surface area contributed by atoms with E-state index in [9.17, 15) is 4.79 Å². The van der Waals surface area contributed by atoms with Crippen molar-refractivity contribution in [1.82, 2.24) is 9.97 Å². The quantitative estimate of drug-likeness (QED) is 0.759. The number of H-pyrrole nitrogens is 1. The van der Waals surface area contributed by atoms with Gasteiger partial charge in [-0.2, -0.15) is 0 Å². The van der Waals surface area contributed by atoms with Crippen LogP contribution in [0.25, 0.3) is 11.0 Å². The number of imidazole rings is 1. The van der Waals surface area contributed by atoms with E-state index in [1.165, 1.54) is 5.56 Å². The van der Waals surface area contributed by atoms with E-state index in [0.717, 1.165) is 48.3 Å². The predicted octanol–water partition coefficient (Wildman–Crippen LogP) is 4.15. The Morgan fingerprint density at radius 2 is 1.81 bits per heavy atom. The number of aromatic amines is 1. The molecule has 1 unspecified atom stereocenters. The fourth-order valence-corrected chi connectivity index (χ4v) is 4.04. The molecule has 138 valence electrons. The van der Waals surface area contributed by atoms with Crippen LogP contribution in [0.3, 0.4) is 0 Å². The summed E-state index contributed by atoms with van der Waals surface area (Å²) in [4.78, 5) is 21.5. The zero-order valence-electron chi connectivity index (χ0n) is 14.9. The highest BCUT2D eigenvalue weighted by atomic mass is 16.6. The van der Waals surface area contributed by atoms with Gasteiger partial charge in [0.2, 0.25) is 0 Å². The molecule has 0 bridgehead atoms. The third-order valence-corrected chi connectivity index (χ3v) is 5.57. The number of nitrogens with one attached hydrogen (secondary N) is 1. The van der Waals surface area contributed by atoms with E-state index in [1.54, 1.807) is 11.2 Å². The van der Waals surface area contributed by atoms with E-state index in [-0.39, 0.29) is 12.1 Å². The molecule has 3 heterocycles. The maximum absolute atomic E-state index is 12.4. The first kappa shape index (κ1) is 16.3. The lowest BCUT2D eigenvalue weighted by atomic mass is 9.90. The van der Waals surface area contributed by atoms with Crippen LogP contribution in [0.5, 0.6) is 0 Å². The lowest BCUT2D eigenvalue weighted by Gasteiger charge is -2.24. The average Bonchev–Trinajstić information content (AvgIpc) is 3.34. The first-order chi connectivity index (χ1) is 13.3. The van der Waals surface area contributed by atoms with Crippen molar-refractivity contribution >= 4 is 22.8 Å². The number of hydrogen-bond acceptors (Lipinski definition) is 4. The predicted molar refractivity (Wildman–Crippen MR) is 102 cm³/mol. The Balaban J connectivity index is 1.43. The Morgan fingerprint density at radius 1 is 1.04 bits per heavy atom. The smallest absolute Gasteiger partial charge is 0.415 e. The van der Waals surface area contributed by atoms with Crippen molar-refractivity contribution in [1.29, 1.82) is 0 Å². The second kappa shape index (κ2) is 6.70. The van der Waals surface area contributed by atoms with Gasteiger partial charge >= 0.3 is 6.09 Å². The van der Waals surface area contributed by atoms with Crippen LogP contribution < -0.4 is 4.90 Å². The lowest BCUT2D eigenvalue weighted by Crippen LogP contribution is -2.27. The molecule has 1 aromatic heterocycles. The Morgan fingerprint density at radius 3 is 2.63 bits per heavy atom. The largest absolute Gasteiger partial charge is 0.447 e. The van der Waals surface area contributed by atoms with Crippen LogP contribution in [-0.2, 0) is 9.47 Å². The molecule has 5 rings (SSSR count). The van der Waals surface area contributed by atoms with E-state index in [4.69, 9.17) is 9.47 Å². The summed E-state index contributed by atoms with van der Waals surface area (Å²) < 4.78 is 10.8. The van der Waals surface area contributed by atoms with E-state index < -0.39 is 0 Å². The molecule has 6 heteroatoms. The van der Waals surface area contributed by atoms with E-state index in [0.29, 0.717) is 12.5 Å². The zero-order chi connectivity index (χ0) is 18.2. The molecule has 0 saturated carbocycles. The molecule has 27 heavy (non-hydrogen) atoms. The van der Waals surface area contributed by atoms with Gasteiger partial charge in [-0.3, -0.25) is 4.90 Å². The molecule has 1 N–H and O–H groups in total. The summed E-state index contributed by atoms with van der Waals surface area (Å²) in [6, 6.07) is 14.3. The molecule has 2 aromatic carbocycles. The highest BCUT2D eigenvalue weighted by Crippen LogP contribution is 2.35. The number of amides is 1. The normalized spacial score (nSPS) is 21.0. The lowest BCUT2D eigenvalue weighted by molar-refractivity contribution is 0.0853. The van der Waals surface area contributed by atoms with Crippen LogP contribution >= 0.6 is 0 Å². The number of ether oxygens (including phenoxy) is 2. The van der Waals surface area contributed by atoms with Gasteiger partial charge in [0.1, 0.15) is 6.61 Å². The number of rotatable bonds is 3. The third-order valence-electron chi connectivity index (χ3n) is 5.57. The van der Waals surface area contributed by atoms with Gasteiger partial charge in [0.05, 0.1) is 29.1 Å². The Kier molecular flexibility index (Phi) is 4.05. The SMILES string of the molecule is O=C1OCC(c2ccc(C3CCOCC3)cc2)N1c1ccc2[nH]cnc2c1. The van der Waals surface area contributed by atoms with Gasteiger partial charge in [-0.05, 0) is 48.1 Å². The number of benzene rings is 2. The molecule has 2 saturated heterocycles. The average molecular weight is 363 g/mol. The molecule has 1 amide bonds. The van der Waals surface area contributed by atoms with Gasteiger partial charge < -0.3 is 14.5 Å². The molecule has 2 aliphatic heterocycles. The van der Waals surface area contributed by atoms with Crippen LogP contribution in [0.4, 0.5) is 10.5 Å². The number of carbonyl (C=O) groups excluding carboxylic acids is 1. The first-order valence-electron chi connectivity index (χ1n) is 9.36. The summed E-state index contributed by atoms with van der Waals surface area (Å²) in [7, 11) is 0. The second-order valence-corrected chi connectivity index (χ2v) is 7.12. The summed E-state index contributed by atoms with van der Waals surface area (Å²) in [6.07, 6.45) is 3.48. The van der Waals surface area contributed by atoms with Gasteiger partial charge in [-0.25, -0.2) is 9.78 Å². The number of aromatic nitrogens is 2. The van der Waals surface area contributed by atoms with Crippen LogP contribution in [0.2, 0.25) is 0 Å². The van der Waals surface area contributed by atoms with Crippen molar-refractivity contribution in [3.63, 3.8) is 0 Å². The minimum Gasteiger partial charge on any atom is -0.447 e. The summed E-state index contributed by atoms with van der Waals surface area (Å²) in [6.45, 7) is 2.02. The Hall–Kier alpha value is -2.86. The molecule has 0 radical (unpaired) electrons. The molecule has 1 atom stereocenters.